The summed E-state index contributed by atoms with van der Waals surface area (Å²) in [7, 11) is 2.13. The van der Waals surface area contributed by atoms with Crippen LogP contribution in [0.2, 0.25) is 0 Å². The maximum Gasteiger partial charge on any atom is 0.246 e. The molecule has 24 heavy (non-hydrogen) atoms. The second-order valence-electron chi connectivity index (χ2n) is 6.51. The van der Waals surface area contributed by atoms with Crippen molar-refractivity contribution in [3.8, 4) is 0 Å². The van der Waals surface area contributed by atoms with Crippen LogP contribution in [0, 0.1) is 0 Å². The number of para-hydroxylation sites is 1. The number of benzene rings is 1. The number of thioether (sulfide) groups is 1. The molecule has 0 spiro atoms. The molecule has 2 aliphatic rings. The fourth-order valence-corrected chi connectivity index (χ4v) is 4.73. The van der Waals surface area contributed by atoms with Gasteiger partial charge in [-0.2, -0.15) is 0 Å². The minimum atomic E-state index is -0.268. The third kappa shape index (κ3) is 3.53. The highest BCUT2D eigenvalue weighted by molar-refractivity contribution is 7.99. The lowest BCUT2D eigenvalue weighted by Crippen LogP contribution is -2.52. The molecule has 2 aliphatic heterocycles. The first-order valence-corrected chi connectivity index (χ1v) is 9.65. The Balaban J connectivity index is 1.57. The van der Waals surface area contributed by atoms with Crippen molar-refractivity contribution in [2.75, 3.05) is 36.7 Å². The summed E-state index contributed by atoms with van der Waals surface area (Å²) in [6.45, 7) is 3.09. The first-order chi connectivity index (χ1) is 11.6. The highest BCUT2D eigenvalue weighted by Crippen LogP contribution is 2.26. The van der Waals surface area contributed by atoms with E-state index in [0.29, 0.717) is 11.9 Å². The minimum absolute atomic E-state index is 0.00273. The summed E-state index contributed by atoms with van der Waals surface area (Å²) in [5.41, 5.74) is 1.22. The molecule has 130 valence electrons. The molecule has 0 aliphatic carbocycles. The smallest absolute Gasteiger partial charge is 0.246 e. The Morgan fingerprint density at radius 3 is 2.46 bits per heavy atom. The Bertz CT molecular complexity index is 587. The molecule has 2 amide bonds. The summed E-state index contributed by atoms with van der Waals surface area (Å²) in [5.74, 6) is 1.48. The lowest BCUT2D eigenvalue weighted by atomic mass is 10.0. The van der Waals surface area contributed by atoms with Gasteiger partial charge in [0.2, 0.25) is 11.8 Å². The number of nitrogens with zero attached hydrogens (tertiary/aromatic N) is 3. The number of likely N-dealkylation sites (tertiary alicyclic amines) is 1. The number of hydrogen-bond donors (Lipinski definition) is 0. The van der Waals surface area contributed by atoms with Crippen LogP contribution in [0.3, 0.4) is 0 Å². The predicted molar refractivity (Wildman–Crippen MR) is 98.1 cm³/mol. The highest BCUT2D eigenvalue weighted by atomic mass is 32.2. The average molecular weight is 347 g/mol. The molecule has 1 aromatic rings. The number of carbonyl (C=O) groups is 2. The third-order valence-electron chi connectivity index (χ3n) is 5.06. The Morgan fingerprint density at radius 2 is 1.83 bits per heavy atom. The molecule has 0 aromatic heterocycles. The van der Waals surface area contributed by atoms with Crippen LogP contribution in [0.5, 0.6) is 0 Å². The molecule has 2 fully saturated rings. The van der Waals surface area contributed by atoms with Gasteiger partial charge in [0.05, 0.1) is 5.88 Å². The first kappa shape index (κ1) is 17.1. The van der Waals surface area contributed by atoms with Crippen LogP contribution in [0.1, 0.15) is 19.8 Å². The molecule has 1 atom stereocenters. The second-order valence-corrected chi connectivity index (χ2v) is 7.51. The third-order valence-corrected chi connectivity index (χ3v) is 6.07. The maximum absolute atomic E-state index is 12.8. The Morgan fingerprint density at radius 1 is 1.17 bits per heavy atom. The zero-order valence-corrected chi connectivity index (χ0v) is 15.2. The van der Waals surface area contributed by atoms with Crippen LogP contribution in [0.25, 0.3) is 0 Å². The fraction of sp³-hybridized carbons (Fsp3) is 0.556. The van der Waals surface area contributed by atoms with E-state index in [-0.39, 0.29) is 17.9 Å². The number of anilines is 1. The van der Waals surface area contributed by atoms with Crippen LogP contribution >= 0.6 is 11.8 Å². The van der Waals surface area contributed by atoms with E-state index in [4.69, 9.17) is 0 Å². The van der Waals surface area contributed by atoms with Crippen LogP contribution in [-0.2, 0) is 9.59 Å². The summed E-state index contributed by atoms with van der Waals surface area (Å²) in [6.07, 6.45) is 1.94. The molecule has 3 rings (SSSR count). The van der Waals surface area contributed by atoms with Crippen molar-refractivity contribution in [3.05, 3.63) is 30.3 Å². The molecule has 0 bridgehead atoms. The summed E-state index contributed by atoms with van der Waals surface area (Å²) in [6, 6.07) is 10.6. The van der Waals surface area contributed by atoms with Gasteiger partial charge in [-0.05, 0) is 25.0 Å². The van der Waals surface area contributed by atoms with Crippen molar-refractivity contribution >= 4 is 29.3 Å². The lowest BCUT2D eigenvalue weighted by molar-refractivity contribution is -0.143. The quantitative estimate of drug-likeness (QED) is 0.839. The predicted octanol–water partition coefficient (Wildman–Crippen LogP) is 2.04. The number of rotatable bonds is 3. The molecule has 0 N–H and O–H groups in total. The summed E-state index contributed by atoms with van der Waals surface area (Å²) >= 11 is 1.66. The van der Waals surface area contributed by atoms with Gasteiger partial charge in [-0.1, -0.05) is 18.2 Å². The van der Waals surface area contributed by atoms with Crippen molar-refractivity contribution in [2.24, 2.45) is 0 Å². The van der Waals surface area contributed by atoms with Gasteiger partial charge in [-0.15, -0.1) is 11.8 Å². The Labute approximate surface area is 148 Å². The molecule has 2 heterocycles. The van der Waals surface area contributed by atoms with Crippen LogP contribution in [0.15, 0.2) is 30.3 Å². The monoisotopic (exact) mass is 347 g/mol. The van der Waals surface area contributed by atoms with E-state index in [1.165, 1.54) is 5.69 Å². The van der Waals surface area contributed by atoms with Crippen LogP contribution in [0.4, 0.5) is 5.69 Å². The Hall–Kier alpha value is -1.69. The van der Waals surface area contributed by atoms with E-state index in [2.05, 4.69) is 36.2 Å². The van der Waals surface area contributed by atoms with Crippen molar-refractivity contribution in [1.82, 2.24) is 9.80 Å². The molecule has 2 saturated heterocycles. The van der Waals surface area contributed by atoms with Gasteiger partial charge in [-0.25, -0.2) is 0 Å². The van der Waals surface area contributed by atoms with Crippen molar-refractivity contribution in [2.45, 2.75) is 31.8 Å². The molecular formula is C18H25N3O2S. The van der Waals surface area contributed by atoms with E-state index >= 15 is 0 Å². The van der Waals surface area contributed by atoms with Crippen molar-refractivity contribution in [1.29, 1.82) is 0 Å². The average Bonchev–Trinajstić information content (AvgIpc) is 3.11. The first-order valence-electron chi connectivity index (χ1n) is 8.49. The van der Waals surface area contributed by atoms with Gasteiger partial charge >= 0.3 is 0 Å². The number of amides is 2. The maximum atomic E-state index is 12.8. The van der Waals surface area contributed by atoms with Gasteiger partial charge < -0.3 is 14.7 Å². The van der Waals surface area contributed by atoms with Gasteiger partial charge in [0.15, 0.2) is 0 Å². The topological polar surface area (TPSA) is 43.9 Å². The molecule has 0 saturated carbocycles. The Kier molecular flexibility index (Phi) is 5.33. The summed E-state index contributed by atoms with van der Waals surface area (Å²) in [5, 5.41) is 0. The van der Waals surface area contributed by atoms with E-state index < -0.39 is 0 Å². The molecule has 0 radical (unpaired) electrons. The summed E-state index contributed by atoms with van der Waals surface area (Å²) < 4.78 is 0. The van der Waals surface area contributed by atoms with E-state index in [1.54, 1.807) is 23.6 Å². The van der Waals surface area contributed by atoms with Gasteiger partial charge in [0.1, 0.15) is 6.04 Å². The number of piperidine rings is 1. The number of hydrogen-bond acceptors (Lipinski definition) is 4. The standard InChI is InChI=1S/C18H25N3O2S/c1-14(22)21-13-24-12-17(21)18(23)20-10-8-16(9-11-20)19(2)15-6-4-3-5-7-15/h3-7,16-17H,8-13H2,1-2H3/t17-/m1/s1. The fourth-order valence-electron chi connectivity index (χ4n) is 3.52. The summed E-state index contributed by atoms with van der Waals surface area (Å²) in [4.78, 5) is 30.4. The number of carbonyl (C=O) groups excluding carboxylic acids is 2. The largest absolute Gasteiger partial charge is 0.371 e. The van der Waals surface area contributed by atoms with Crippen molar-refractivity contribution < 1.29 is 9.59 Å². The van der Waals surface area contributed by atoms with Crippen LogP contribution in [-0.4, -0.2) is 65.5 Å². The highest BCUT2D eigenvalue weighted by Gasteiger charge is 2.37. The lowest BCUT2D eigenvalue weighted by Gasteiger charge is -2.39. The molecule has 5 nitrogen and oxygen atoms in total. The zero-order chi connectivity index (χ0) is 17.1. The molecule has 1 aromatic carbocycles. The normalized spacial score (nSPS) is 21.8. The van der Waals surface area contributed by atoms with Crippen LogP contribution < -0.4 is 4.90 Å². The molecular weight excluding hydrogens is 322 g/mol. The van der Waals surface area contributed by atoms with E-state index in [0.717, 1.165) is 31.7 Å². The SMILES string of the molecule is CC(=O)N1CSC[C@@H]1C(=O)N1CCC(N(C)c2ccccc2)CC1. The van der Waals surface area contributed by atoms with E-state index in [1.807, 2.05) is 11.0 Å². The van der Waals surface area contributed by atoms with Gasteiger partial charge in [-0.3, -0.25) is 9.59 Å². The minimum Gasteiger partial charge on any atom is -0.371 e. The van der Waals surface area contributed by atoms with Gasteiger partial charge in [0.25, 0.3) is 0 Å². The van der Waals surface area contributed by atoms with Crippen molar-refractivity contribution in [3.63, 3.8) is 0 Å². The van der Waals surface area contributed by atoms with E-state index in [9.17, 15) is 9.59 Å². The molecule has 0 unspecified atom stereocenters. The zero-order valence-electron chi connectivity index (χ0n) is 14.4. The second kappa shape index (κ2) is 7.47. The van der Waals surface area contributed by atoms with Gasteiger partial charge in [0, 0.05) is 44.5 Å². The molecule has 6 heteroatoms.